The third kappa shape index (κ3) is 6.76. The van der Waals surface area contributed by atoms with E-state index < -0.39 is 22.2 Å². The van der Waals surface area contributed by atoms with Crippen LogP contribution < -0.4 is 9.44 Å². The number of hydrogen-bond acceptors (Lipinski definition) is 3. The van der Waals surface area contributed by atoms with E-state index in [1.165, 1.54) is 0 Å². The highest BCUT2D eigenvalue weighted by atomic mass is 32.2. The molecule has 0 aliphatic carbocycles. The van der Waals surface area contributed by atoms with E-state index >= 15 is 0 Å². The van der Waals surface area contributed by atoms with Crippen LogP contribution in [0.25, 0.3) is 0 Å². The fourth-order valence-corrected chi connectivity index (χ4v) is 2.26. The van der Waals surface area contributed by atoms with Crippen LogP contribution in [0.5, 0.6) is 0 Å². The van der Waals surface area contributed by atoms with E-state index in [0.717, 1.165) is 0 Å². The van der Waals surface area contributed by atoms with E-state index in [1.807, 2.05) is 13.8 Å². The van der Waals surface area contributed by atoms with Crippen molar-refractivity contribution in [2.45, 2.75) is 39.7 Å². The number of carbonyl (C=O) groups is 1. The third-order valence-electron chi connectivity index (χ3n) is 1.85. The van der Waals surface area contributed by atoms with Gasteiger partial charge in [0.05, 0.1) is 0 Å². The summed E-state index contributed by atoms with van der Waals surface area (Å²) in [5.74, 6) is -0.984. The lowest BCUT2D eigenvalue weighted by molar-refractivity contribution is -0.139. The van der Waals surface area contributed by atoms with E-state index in [9.17, 15) is 13.2 Å². The molecule has 0 aromatic heterocycles. The largest absolute Gasteiger partial charge is 0.480 e. The monoisotopic (exact) mass is 252 g/mol. The standard InChI is InChI=1S/C9H20N2O4S/c1-4-5-8(9(12)13)11-16(14,15)10-6-7(2)3/h7-8,10-11H,4-6H2,1-3H3,(H,12,13)/t8-/m1/s1. The van der Waals surface area contributed by atoms with Crippen molar-refractivity contribution in [1.29, 1.82) is 0 Å². The summed E-state index contributed by atoms with van der Waals surface area (Å²) in [6, 6.07) is -1.06. The van der Waals surface area contributed by atoms with Crippen molar-refractivity contribution in [3.63, 3.8) is 0 Å². The summed E-state index contributed by atoms with van der Waals surface area (Å²) in [6.07, 6.45) is 0.877. The second-order valence-corrected chi connectivity index (χ2v) is 5.57. The van der Waals surface area contributed by atoms with Gasteiger partial charge < -0.3 is 5.11 Å². The molecule has 0 unspecified atom stereocenters. The van der Waals surface area contributed by atoms with Crippen molar-refractivity contribution < 1.29 is 18.3 Å². The number of carboxylic acids is 1. The smallest absolute Gasteiger partial charge is 0.321 e. The molecule has 0 fully saturated rings. The van der Waals surface area contributed by atoms with Crippen molar-refractivity contribution in [2.24, 2.45) is 5.92 Å². The maximum atomic E-state index is 11.4. The number of hydrogen-bond donors (Lipinski definition) is 3. The lowest BCUT2D eigenvalue weighted by Gasteiger charge is -2.15. The molecule has 16 heavy (non-hydrogen) atoms. The molecule has 0 saturated heterocycles. The first-order valence-corrected chi connectivity index (χ1v) is 6.76. The van der Waals surface area contributed by atoms with Crippen LogP contribution in [0, 0.1) is 5.92 Å². The summed E-state index contributed by atoms with van der Waals surface area (Å²) >= 11 is 0. The average molecular weight is 252 g/mol. The summed E-state index contributed by atoms with van der Waals surface area (Å²) in [4.78, 5) is 10.8. The second kappa shape index (κ2) is 6.82. The van der Waals surface area contributed by atoms with Crippen LogP contribution >= 0.6 is 0 Å². The van der Waals surface area contributed by atoms with Gasteiger partial charge in [0, 0.05) is 6.54 Å². The Bertz CT molecular complexity index is 313. The SMILES string of the molecule is CCC[C@@H](NS(=O)(=O)NCC(C)C)C(=O)O. The first kappa shape index (κ1) is 15.3. The van der Waals surface area contributed by atoms with Gasteiger partial charge in [0.15, 0.2) is 0 Å². The van der Waals surface area contributed by atoms with E-state index in [2.05, 4.69) is 9.44 Å². The Kier molecular flexibility index (Phi) is 6.54. The van der Waals surface area contributed by atoms with Crippen LogP contribution in [0.3, 0.4) is 0 Å². The van der Waals surface area contributed by atoms with Crippen molar-refractivity contribution >= 4 is 16.2 Å². The molecule has 0 aliphatic heterocycles. The number of nitrogens with one attached hydrogen (secondary N) is 2. The van der Waals surface area contributed by atoms with Gasteiger partial charge in [-0.15, -0.1) is 0 Å². The first-order valence-electron chi connectivity index (χ1n) is 5.28. The molecule has 0 aliphatic rings. The molecule has 7 heteroatoms. The summed E-state index contributed by atoms with van der Waals surface area (Å²) in [5.41, 5.74) is 0. The van der Waals surface area contributed by atoms with Crippen molar-refractivity contribution in [3.05, 3.63) is 0 Å². The molecule has 0 aromatic rings. The molecular weight excluding hydrogens is 232 g/mol. The molecule has 0 amide bonds. The molecule has 0 aromatic carbocycles. The van der Waals surface area contributed by atoms with Gasteiger partial charge in [0.25, 0.3) is 10.2 Å². The molecule has 0 rings (SSSR count). The second-order valence-electron chi connectivity index (χ2n) is 4.04. The summed E-state index contributed by atoms with van der Waals surface area (Å²) in [5, 5.41) is 8.79. The Morgan fingerprint density at radius 2 is 1.94 bits per heavy atom. The maximum Gasteiger partial charge on any atom is 0.321 e. The van der Waals surface area contributed by atoms with Gasteiger partial charge >= 0.3 is 5.97 Å². The molecule has 96 valence electrons. The maximum absolute atomic E-state index is 11.4. The summed E-state index contributed by atoms with van der Waals surface area (Å²) < 4.78 is 27.3. The minimum absolute atomic E-state index is 0.172. The number of aliphatic carboxylic acids is 1. The zero-order chi connectivity index (χ0) is 12.8. The Morgan fingerprint density at radius 3 is 2.31 bits per heavy atom. The van der Waals surface area contributed by atoms with E-state index in [4.69, 9.17) is 5.11 Å². The van der Waals surface area contributed by atoms with Crippen molar-refractivity contribution in [2.75, 3.05) is 6.54 Å². The average Bonchev–Trinajstić information content (AvgIpc) is 2.14. The van der Waals surface area contributed by atoms with E-state index in [-0.39, 0.29) is 18.9 Å². The topological polar surface area (TPSA) is 95.5 Å². The van der Waals surface area contributed by atoms with Gasteiger partial charge in [-0.3, -0.25) is 4.79 Å². The summed E-state index contributed by atoms with van der Waals surface area (Å²) in [6.45, 7) is 5.81. The minimum atomic E-state index is -3.72. The zero-order valence-corrected chi connectivity index (χ0v) is 10.7. The molecule has 0 bridgehead atoms. The highest BCUT2D eigenvalue weighted by Gasteiger charge is 2.22. The fourth-order valence-electron chi connectivity index (χ4n) is 1.03. The van der Waals surface area contributed by atoms with Crippen LogP contribution in [-0.2, 0) is 15.0 Å². The number of rotatable bonds is 8. The lowest BCUT2D eigenvalue weighted by Crippen LogP contribution is -2.47. The molecule has 1 atom stereocenters. The normalized spacial score (nSPS) is 14.0. The molecule has 0 radical (unpaired) electrons. The van der Waals surface area contributed by atoms with Gasteiger partial charge in [0.1, 0.15) is 6.04 Å². The van der Waals surface area contributed by atoms with Crippen LogP contribution in [0.4, 0.5) is 0 Å². The Balaban J connectivity index is 4.36. The molecule has 6 nitrogen and oxygen atoms in total. The lowest BCUT2D eigenvalue weighted by atomic mass is 10.2. The van der Waals surface area contributed by atoms with Crippen LogP contribution in [-0.4, -0.2) is 32.1 Å². The van der Waals surface area contributed by atoms with Crippen molar-refractivity contribution in [3.8, 4) is 0 Å². The molecule has 3 N–H and O–H groups in total. The zero-order valence-electron chi connectivity index (χ0n) is 9.86. The van der Waals surface area contributed by atoms with Gasteiger partial charge in [-0.1, -0.05) is 27.2 Å². The highest BCUT2D eigenvalue weighted by molar-refractivity contribution is 7.87. The van der Waals surface area contributed by atoms with Crippen molar-refractivity contribution in [1.82, 2.24) is 9.44 Å². The quantitative estimate of drug-likeness (QED) is 0.579. The molecule has 0 spiro atoms. The van der Waals surface area contributed by atoms with Gasteiger partial charge in [0.2, 0.25) is 0 Å². The summed E-state index contributed by atoms with van der Waals surface area (Å²) in [7, 11) is -3.72. The molecule has 0 heterocycles. The Morgan fingerprint density at radius 1 is 1.38 bits per heavy atom. The predicted octanol–water partition coefficient (Wildman–Crippen LogP) is 0.320. The van der Waals surface area contributed by atoms with E-state index in [0.29, 0.717) is 6.42 Å². The Hall–Kier alpha value is -0.660. The van der Waals surface area contributed by atoms with Crippen LogP contribution in [0.15, 0.2) is 0 Å². The fraction of sp³-hybridized carbons (Fsp3) is 0.889. The minimum Gasteiger partial charge on any atom is -0.480 e. The van der Waals surface area contributed by atoms with Gasteiger partial charge in [-0.05, 0) is 12.3 Å². The highest BCUT2D eigenvalue weighted by Crippen LogP contribution is 1.99. The van der Waals surface area contributed by atoms with Crippen LogP contribution in [0.2, 0.25) is 0 Å². The number of carboxylic acid groups (broad SMARTS) is 1. The first-order chi connectivity index (χ1) is 7.28. The Labute approximate surface area is 96.6 Å². The predicted molar refractivity (Wildman–Crippen MR) is 61.2 cm³/mol. The van der Waals surface area contributed by atoms with Gasteiger partial charge in [-0.25, -0.2) is 4.72 Å². The molecular formula is C9H20N2O4S. The third-order valence-corrected chi connectivity index (χ3v) is 3.00. The molecule has 0 saturated carbocycles. The van der Waals surface area contributed by atoms with E-state index in [1.54, 1.807) is 6.92 Å². The van der Waals surface area contributed by atoms with Crippen LogP contribution in [0.1, 0.15) is 33.6 Å². The van der Waals surface area contributed by atoms with Gasteiger partial charge in [-0.2, -0.15) is 13.1 Å².